The maximum Gasteiger partial charge on any atom is 0.307 e. The molecule has 0 amide bonds. The molecule has 0 radical (unpaired) electrons. The molecule has 0 aromatic heterocycles. The molecule has 0 aromatic carbocycles. The van der Waals surface area contributed by atoms with Crippen LogP contribution in [0.1, 0.15) is 123 Å². The van der Waals surface area contributed by atoms with Gasteiger partial charge in [0.25, 0.3) is 0 Å². The van der Waals surface area contributed by atoms with Crippen molar-refractivity contribution in [3.05, 3.63) is 0 Å². The quantitative estimate of drug-likeness (QED) is 0.0890. The molecule has 0 aliphatic carbocycles. The first-order chi connectivity index (χ1) is 16.7. The lowest BCUT2D eigenvalue weighted by molar-refractivity contribution is -0.143. The Kier molecular flexibility index (Phi) is 28.0. The molecule has 0 aromatic rings. The zero-order valence-corrected chi connectivity index (χ0v) is 22.9. The van der Waals surface area contributed by atoms with Gasteiger partial charge in [-0.2, -0.15) is 0 Å². The normalized spacial score (nSPS) is 12.2. The summed E-state index contributed by atoms with van der Waals surface area (Å²) >= 11 is 0. The number of esters is 1. The average molecular weight is 485 g/mol. The second-order valence-electron chi connectivity index (χ2n) is 9.69. The Balaban J connectivity index is 3.73. The monoisotopic (exact) mass is 484 g/mol. The molecule has 0 aliphatic heterocycles. The first-order valence-corrected chi connectivity index (χ1v) is 14.7. The van der Waals surface area contributed by atoms with Crippen LogP contribution in [0.25, 0.3) is 0 Å². The van der Waals surface area contributed by atoms with Crippen LogP contribution in [0.5, 0.6) is 0 Å². The molecule has 1 atom stereocenters. The van der Waals surface area contributed by atoms with Crippen molar-refractivity contribution in [1.82, 2.24) is 16.0 Å². The number of nitrogens with one attached hydrogen (secondary N) is 3. The molecule has 0 saturated heterocycles. The highest BCUT2D eigenvalue weighted by molar-refractivity contribution is 5.70. The molecule has 0 saturated carbocycles. The van der Waals surface area contributed by atoms with Crippen LogP contribution >= 0.6 is 0 Å². The van der Waals surface area contributed by atoms with Gasteiger partial charge >= 0.3 is 5.97 Å². The molecule has 0 fully saturated rings. The van der Waals surface area contributed by atoms with Gasteiger partial charge in [0.2, 0.25) is 0 Å². The average Bonchev–Trinajstić information content (AvgIpc) is 2.83. The molecule has 0 spiro atoms. The molecule has 6 heteroatoms. The largest absolute Gasteiger partial charge is 0.466 e. The highest BCUT2D eigenvalue weighted by Gasteiger charge is 2.13. The fourth-order valence-corrected chi connectivity index (χ4v) is 4.25. The van der Waals surface area contributed by atoms with E-state index in [0.29, 0.717) is 13.0 Å². The second kappa shape index (κ2) is 28.5. The van der Waals surface area contributed by atoms with E-state index in [1.807, 2.05) is 6.92 Å². The van der Waals surface area contributed by atoms with Crippen molar-refractivity contribution in [2.45, 2.75) is 129 Å². The van der Waals surface area contributed by atoms with Crippen molar-refractivity contribution < 1.29 is 9.53 Å². The van der Waals surface area contributed by atoms with E-state index >= 15 is 0 Å². The predicted octanol–water partition coefficient (Wildman–Crippen LogP) is 5.30. The van der Waals surface area contributed by atoms with Crippen LogP contribution in [0.3, 0.4) is 0 Å². The minimum absolute atomic E-state index is 0.0683. The fourth-order valence-electron chi connectivity index (χ4n) is 4.25. The van der Waals surface area contributed by atoms with Crippen LogP contribution in [0, 0.1) is 0 Å². The molecule has 0 rings (SSSR count). The van der Waals surface area contributed by atoms with E-state index < -0.39 is 0 Å². The Bertz CT molecular complexity index is 410. The lowest BCUT2D eigenvalue weighted by Gasteiger charge is -2.18. The summed E-state index contributed by atoms with van der Waals surface area (Å²) in [6.45, 7) is 10.6. The van der Waals surface area contributed by atoms with Gasteiger partial charge in [0.05, 0.1) is 13.0 Å². The number of carbonyl (C=O) groups is 1. The lowest BCUT2D eigenvalue weighted by atomic mass is 10.0. The highest BCUT2D eigenvalue weighted by atomic mass is 16.5. The Morgan fingerprint density at radius 3 is 1.76 bits per heavy atom. The van der Waals surface area contributed by atoms with Crippen molar-refractivity contribution >= 4 is 5.97 Å². The molecule has 6 nitrogen and oxygen atoms in total. The summed E-state index contributed by atoms with van der Waals surface area (Å²) in [6.07, 6.45) is 21.0. The van der Waals surface area contributed by atoms with E-state index in [4.69, 9.17) is 10.5 Å². The first-order valence-electron chi connectivity index (χ1n) is 14.7. The third-order valence-electron chi connectivity index (χ3n) is 6.35. The molecule has 1 unspecified atom stereocenters. The van der Waals surface area contributed by atoms with Crippen LogP contribution in [-0.4, -0.2) is 57.9 Å². The van der Waals surface area contributed by atoms with Crippen molar-refractivity contribution in [1.29, 1.82) is 0 Å². The third-order valence-corrected chi connectivity index (χ3v) is 6.35. The number of hydrogen-bond donors (Lipinski definition) is 4. The molecule has 5 N–H and O–H groups in total. The number of carbonyl (C=O) groups excluding carboxylic acids is 1. The Hall–Kier alpha value is -0.690. The highest BCUT2D eigenvalue weighted by Crippen LogP contribution is 2.13. The number of hydrogen-bond acceptors (Lipinski definition) is 6. The maximum absolute atomic E-state index is 12.0. The zero-order valence-electron chi connectivity index (χ0n) is 22.9. The maximum atomic E-state index is 12.0. The summed E-state index contributed by atoms with van der Waals surface area (Å²) in [6, 6.07) is 0.247. The summed E-state index contributed by atoms with van der Waals surface area (Å²) in [5.74, 6) is -0.0683. The van der Waals surface area contributed by atoms with E-state index in [2.05, 4.69) is 22.9 Å². The van der Waals surface area contributed by atoms with Crippen LogP contribution < -0.4 is 21.7 Å². The number of unbranched alkanes of at least 4 members (excludes halogenated alkanes) is 11. The number of nitrogens with two attached hydrogens (primary N) is 1. The summed E-state index contributed by atoms with van der Waals surface area (Å²) in [5.41, 5.74) is 5.49. The second-order valence-corrected chi connectivity index (χ2v) is 9.69. The standard InChI is InChI=1S/C28H60N4O2/c1-3-5-6-7-8-9-10-11-12-13-14-19-27(26-28(33)34-4-2)32-25-18-24-31-22-16-15-21-30-23-17-20-29/h27,30-32H,3-26,29H2,1-2H3. The molecule has 34 heavy (non-hydrogen) atoms. The van der Waals surface area contributed by atoms with Gasteiger partial charge in [-0.1, -0.05) is 77.6 Å². The van der Waals surface area contributed by atoms with Gasteiger partial charge in [0, 0.05) is 6.04 Å². The van der Waals surface area contributed by atoms with E-state index in [1.165, 1.54) is 83.5 Å². The minimum Gasteiger partial charge on any atom is -0.466 e. The van der Waals surface area contributed by atoms with Gasteiger partial charge in [-0.3, -0.25) is 4.79 Å². The van der Waals surface area contributed by atoms with Gasteiger partial charge < -0.3 is 26.4 Å². The van der Waals surface area contributed by atoms with Crippen LogP contribution in [-0.2, 0) is 9.53 Å². The van der Waals surface area contributed by atoms with Crippen molar-refractivity contribution in [3.8, 4) is 0 Å². The fraction of sp³-hybridized carbons (Fsp3) is 0.964. The molecule has 0 aliphatic rings. The summed E-state index contributed by atoms with van der Waals surface area (Å²) in [5, 5.41) is 10.6. The third kappa shape index (κ3) is 25.9. The zero-order chi connectivity index (χ0) is 25.0. The van der Waals surface area contributed by atoms with Crippen molar-refractivity contribution in [2.75, 3.05) is 45.9 Å². The van der Waals surface area contributed by atoms with Gasteiger partial charge in [0.1, 0.15) is 0 Å². The molecule has 204 valence electrons. The van der Waals surface area contributed by atoms with E-state index in [0.717, 1.165) is 58.5 Å². The minimum atomic E-state index is -0.0683. The molecular weight excluding hydrogens is 424 g/mol. The van der Waals surface area contributed by atoms with Gasteiger partial charge in [-0.15, -0.1) is 0 Å². The van der Waals surface area contributed by atoms with E-state index in [-0.39, 0.29) is 12.0 Å². The summed E-state index contributed by atoms with van der Waals surface area (Å²) < 4.78 is 5.19. The van der Waals surface area contributed by atoms with Crippen molar-refractivity contribution in [2.24, 2.45) is 5.73 Å². The van der Waals surface area contributed by atoms with Gasteiger partial charge in [-0.05, 0) is 78.3 Å². The smallest absolute Gasteiger partial charge is 0.307 e. The molecule has 0 heterocycles. The Morgan fingerprint density at radius 1 is 0.676 bits per heavy atom. The van der Waals surface area contributed by atoms with Crippen LogP contribution in [0.2, 0.25) is 0 Å². The lowest BCUT2D eigenvalue weighted by Crippen LogP contribution is -2.34. The van der Waals surface area contributed by atoms with E-state index in [1.54, 1.807) is 0 Å². The molecular formula is C28H60N4O2. The van der Waals surface area contributed by atoms with Crippen LogP contribution in [0.15, 0.2) is 0 Å². The van der Waals surface area contributed by atoms with Gasteiger partial charge in [0.15, 0.2) is 0 Å². The summed E-state index contributed by atoms with van der Waals surface area (Å²) in [7, 11) is 0. The topological polar surface area (TPSA) is 88.4 Å². The number of rotatable bonds is 28. The van der Waals surface area contributed by atoms with Gasteiger partial charge in [-0.25, -0.2) is 0 Å². The van der Waals surface area contributed by atoms with E-state index in [9.17, 15) is 4.79 Å². The molecule has 0 bridgehead atoms. The number of ether oxygens (including phenoxy) is 1. The Labute approximate surface area is 212 Å². The summed E-state index contributed by atoms with van der Waals surface area (Å²) in [4.78, 5) is 12.0. The predicted molar refractivity (Wildman–Crippen MR) is 147 cm³/mol. The van der Waals surface area contributed by atoms with Crippen molar-refractivity contribution in [3.63, 3.8) is 0 Å². The SMILES string of the molecule is CCCCCCCCCCCCCC(CC(=O)OCC)NCCCNCCCCNCCCN. The Morgan fingerprint density at radius 2 is 1.21 bits per heavy atom. The first kappa shape index (κ1) is 33.3. The van der Waals surface area contributed by atoms with Crippen LogP contribution in [0.4, 0.5) is 0 Å².